The number of Topliss-reactive ketones (excluding diaryl/α,β-unsaturated/α-hetero) is 1. The van der Waals surface area contributed by atoms with Crippen molar-refractivity contribution in [3.05, 3.63) is 0 Å². The maximum atomic E-state index is 12.8. The van der Waals surface area contributed by atoms with E-state index in [0.717, 1.165) is 0 Å². The number of hydrogen-bond acceptors (Lipinski definition) is 9. The van der Waals surface area contributed by atoms with Crippen LogP contribution in [-0.2, 0) is 33.3 Å². The summed E-state index contributed by atoms with van der Waals surface area (Å²) in [7, 11) is 0. The normalized spacial score (nSPS) is 30.4. The second-order valence-corrected chi connectivity index (χ2v) is 5.35. The maximum absolute atomic E-state index is 12.8. The van der Waals surface area contributed by atoms with Crippen LogP contribution in [0.15, 0.2) is 0 Å². The summed E-state index contributed by atoms with van der Waals surface area (Å²) in [4.78, 5) is 36.9. The Labute approximate surface area is 140 Å². The molecule has 136 valence electrons. The molecule has 0 bridgehead atoms. The molecule has 0 radical (unpaired) electrons. The van der Waals surface area contributed by atoms with Crippen molar-refractivity contribution in [3.8, 4) is 0 Å². The molecule has 2 heterocycles. The first-order valence-electron chi connectivity index (χ1n) is 8.17. The van der Waals surface area contributed by atoms with E-state index in [-0.39, 0.29) is 26.4 Å². The van der Waals surface area contributed by atoms with Gasteiger partial charge in [0.1, 0.15) is 24.3 Å². The quantitative estimate of drug-likeness (QED) is 0.550. The third-order valence-corrected chi connectivity index (χ3v) is 3.77. The van der Waals surface area contributed by atoms with Crippen molar-refractivity contribution >= 4 is 17.7 Å². The lowest BCUT2D eigenvalue weighted by Crippen LogP contribution is -2.63. The average Bonchev–Trinajstić information content (AvgIpc) is 2.61. The zero-order valence-corrected chi connectivity index (χ0v) is 13.9. The average molecular weight is 344 g/mol. The minimum Gasteiger partial charge on any atom is -0.465 e. The van der Waals surface area contributed by atoms with Crippen molar-refractivity contribution in [2.75, 3.05) is 39.5 Å². The van der Waals surface area contributed by atoms with Crippen LogP contribution in [0.3, 0.4) is 0 Å². The van der Waals surface area contributed by atoms with E-state index < -0.39 is 42.0 Å². The summed E-state index contributed by atoms with van der Waals surface area (Å²) in [6.07, 6.45) is -2.14. The van der Waals surface area contributed by atoms with Gasteiger partial charge in [0.15, 0.2) is 5.78 Å². The van der Waals surface area contributed by atoms with E-state index in [1.807, 2.05) is 0 Å². The molecule has 2 N–H and O–H groups in total. The Bertz CT molecular complexity index is 431. The molecule has 2 saturated heterocycles. The van der Waals surface area contributed by atoms with E-state index in [2.05, 4.69) is 10.6 Å². The number of esters is 2. The maximum Gasteiger partial charge on any atom is 0.326 e. The Morgan fingerprint density at radius 1 is 0.875 bits per heavy atom. The summed E-state index contributed by atoms with van der Waals surface area (Å²) in [6, 6.07) is -1.83. The van der Waals surface area contributed by atoms with Crippen LogP contribution in [0.5, 0.6) is 0 Å². The summed E-state index contributed by atoms with van der Waals surface area (Å²) in [5.74, 6) is -1.61. The monoisotopic (exact) mass is 344 g/mol. The third kappa shape index (κ3) is 4.29. The predicted molar refractivity (Wildman–Crippen MR) is 81.3 cm³/mol. The third-order valence-electron chi connectivity index (χ3n) is 3.77. The lowest BCUT2D eigenvalue weighted by atomic mass is 9.95. The summed E-state index contributed by atoms with van der Waals surface area (Å²) in [5, 5.41) is 5.86. The van der Waals surface area contributed by atoms with Crippen LogP contribution in [0.1, 0.15) is 13.8 Å². The predicted octanol–water partition coefficient (Wildman–Crippen LogP) is -1.60. The lowest BCUT2D eigenvalue weighted by molar-refractivity contribution is -0.168. The number of carbonyl (C=O) groups is 3. The standard InChI is InChI=1S/C15H24N2O7/c1-3-21-14(19)9-12(23-7-5-16-9)11(18)13-10(15(20)22-4-2)17-6-8-24-13/h9-10,12-13,16-17H,3-8H2,1-2H3. The number of ketones is 1. The molecule has 0 aromatic carbocycles. The number of morpholine rings is 2. The second-order valence-electron chi connectivity index (χ2n) is 5.35. The fourth-order valence-corrected chi connectivity index (χ4v) is 2.74. The summed E-state index contributed by atoms with van der Waals surface area (Å²) in [6.45, 7) is 5.17. The van der Waals surface area contributed by atoms with Gasteiger partial charge < -0.3 is 18.9 Å². The Hall–Kier alpha value is -1.55. The van der Waals surface area contributed by atoms with Gasteiger partial charge in [-0.1, -0.05) is 0 Å². The molecule has 0 aromatic rings. The fourth-order valence-electron chi connectivity index (χ4n) is 2.74. The molecule has 2 rings (SSSR count). The number of hydrogen-bond donors (Lipinski definition) is 2. The van der Waals surface area contributed by atoms with Crippen LogP contribution >= 0.6 is 0 Å². The highest BCUT2D eigenvalue weighted by molar-refractivity contribution is 5.97. The molecule has 0 aromatic heterocycles. The minimum atomic E-state index is -1.07. The summed E-state index contributed by atoms with van der Waals surface area (Å²) in [5.41, 5.74) is 0. The first-order chi connectivity index (χ1) is 11.6. The van der Waals surface area contributed by atoms with E-state index >= 15 is 0 Å². The number of rotatable bonds is 6. The Morgan fingerprint density at radius 3 is 1.67 bits per heavy atom. The molecule has 9 heteroatoms. The molecule has 4 unspecified atom stereocenters. The van der Waals surface area contributed by atoms with Gasteiger partial charge in [-0.05, 0) is 13.8 Å². The molecular formula is C15H24N2O7. The van der Waals surface area contributed by atoms with Crippen molar-refractivity contribution in [1.82, 2.24) is 10.6 Å². The molecule has 2 aliphatic rings. The molecule has 0 amide bonds. The van der Waals surface area contributed by atoms with Crippen molar-refractivity contribution in [1.29, 1.82) is 0 Å². The molecule has 0 spiro atoms. The van der Waals surface area contributed by atoms with Crippen molar-refractivity contribution in [3.63, 3.8) is 0 Å². The van der Waals surface area contributed by atoms with Crippen LogP contribution in [-0.4, -0.2) is 81.5 Å². The largest absolute Gasteiger partial charge is 0.465 e. The van der Waals surface area contributed by atoms with Crippen LogP contribution in [0, 0.1) is 0 Å². The highest BCUT2D eigenvalue weighted by Crippen LogP contribution is 2.16. The highest BCUT2D eigenvalue weighted by Gasteiger charge is 2.46. The zero-order valence-electron chi connectivity index (χ0n) is 13.9. The van der Waals surface area contributed by atoms with Gasteiger partial charge in [-0.15, -0.1) is 0 Å². The van der Waals surface area contributed by atoms with E-state index in [4.69, 9.17) is 18.9 Å². The number of nitrogens with one attached hydrogen (secondary N) is 2. The Morgan fingerprint density at radius 2 is 1.29 bits per heavy atom. The van der Waals surface area contributed by atoms with Gasteiger partial charge in [-0.2, -0.15) is 0 Å². The summed E-state index contributed by atoms with van der Waals surface area (Å²) >= 11 is 0. The van der Waals surface area contributed by atoms with Crippen LogP contribution in [0.4, 0.5) is 0 Å². The topological polar surface area (TPSA) is 112 Å². The minimum absolute atomic E-state index is 0.199. The van der Waals surface area contributed by atoms with Gasteiger partial charge in [0, 0.05) is 13.1 Å². The molecule has 0 saturated carbocycles. The van der Waals surface area contributed by atoms with Gasteiger partial charge in [-0.25, -0.2) is 0 Å². The SMILES string of the molecule is CCOC(=O)C1NCCOC1C(=O)C1OCCNC1C(=O)OCC. The smallest absolute Gasteiger partial charge is 0.326 e. The second kappa shape index (κ2) is 9.07. The molecule has 24 heavy (non-hydrogen) atoms. The first kappa shape index (κ1) is 18.8. The molecular weight excluding hydrogens is 320 g/mol. The zero-order chi connectivity index (χ0) is 17.5. The van der Waals surface area contributed by atoms with Crippen LogP contribution in [0.2, 0.25) is 0 Å². The van der Waals surface area contributed by atoms with Gasteiger partial charge in [0.05, 0.1) is 26.4 Å². The van der Waals surface area contributed by atoms with Crippen LogP contribution in [0.25, 0.3) is 0 Å². The van der Waals surface area contributed by atoms with E-state index in [1.54, 1.807) is 13.8 Å². The number of ether oxygens (including phenoxy) is 4. The molecule has 0 aliphatic carbocycles. The fraction of sp³-hybridized carbons (Fsp3) is 0.800. The van der Waals surface area contributed by atoms with Crippen molar-refractivity contribution in [2.24, 2.45) is 0 Å². The number of carbonyl (C=O) groups excluding carboxylic acids is 3. The van der Waals surface area contributed by atoms with Crippen LogP contribution < -0.4 is 10.6 Å². The first-order valence-corrected chi connectivity index (χ1v) is 8.17. The molecule has 4 atom stereocenters. The van der Waals surface area contributed by atoms with E-state index in [0.29, 0.717) is 13.1 Å². The Kier molecular flexibility index (Phi) is 7.10. The van der Waals surface area contributed by atoms with Crippen molar-refractivity contribution < 1.29 is 33.3 Å². The van der Waals surface area contributed by atoms with Gasteiger partial charge in [0.25, 0.3) is 0 Å². The molecule has 2 fully saturated rings. The van der Waals surface area contributed by atoms with Gasteiger partial charge >= 0.3 is 11.9 Å². The van der Waals surface area contributed by atoms with Crippen molar-refractivity contribution in [2.45, 2.75) is 38.1 Å². The summed E-state index contributed by atoms with van der Waals surface area (Å²) < 4.78 is 20.9. The van der Waals surface area contributed by atoms with E-state index in [1.165, 1.54) is 0 Å². The van der Waals surface area contributed by atoms with Gasteiger partial charge in [-0.3, -0.25) is 25.0 Å². The molecule has 9 nitrogen and oxygen atoms in total. The molecule has 2 aliphatic heterocycles. The lowest BCUT2D eigenvalue weighted by Gasteiger charge is -2.36. The van der Waals surface area contributed by atoms with E-state index in [9.17, 15) is 14.4 Å². The van der Waals surface area contributed by atoms with Gasteiger partial charge in [0.2, 0.25) is 0 Å². The highest BCUT2D eigenvalue weighted by atomic mass is 16.6. The Balaban J connectivity index is 2.13.